The standard InChI is InChI=1S/C26H25N7O4/c1-26(2,3)21-12-22(33-37-21)31-25(34)30-18-10-9-15(11-20(18)35-4)36-19-8-6-5-7-16(19)23-17-13-29-32-24(17)28-14-27-23/h5-14H,1-4H3,(H,27,28,29,32)(H2,30,31,33,34). The molecule has 0 saturated heterocycles. The number of urea groups is 1. The molecule has 0 saturated carbocycles. The van der Waals surface area contributed by atoms with Gasteiger partial charge in [0.2, 0.25) is 0 Å². The highest BCUT2D eigenvalue weighted by atomic mass is 16.5. The Hall–Kier alpha value is -4.93. The van der Waals surface area contributed by atoms with Gasteiger partial charge in [-0.3, -0.25) is 10.4 Å². The monoisotopic (exact) mass is 499 g/mol. The second-order valence-electron chi connectivity index (χ2n) is 9.22. The van der Waals surface area contributed by atoms with E-state index in [0.29, 0.717) is 45.9 Å². The number of carbonyl (C=O) groups is 1. The van der Waals surface area contributed by atoms with Crippen molar-refractivity contribution in [1.29, 1.82) is 0 Å². The molecule has 0 unspecified atom stereocenters. The van der Waals surface area contributed by atoms with Gasteiger partial charge in [-0.25, -0.2) is 14.8 Å². The lowest BCUT2D eigenvalue weighted by molar-refractivity contribution is 0.261. The zero-order chi connectivity index (χ0) is 26.0. The van der Waals surface area contributed by atoms with E-state index in [0.717, 1.165) is 10.9 Å². The van der Waals surface area contributed by atoms with E-state index in [9.17, 15) is 4.79 Å². The summed E-state index contributed by atoms with van der Waals surface area (Å²) in [5, 5.41) is 17.0. The van der Waals surface area contributed by atoms with Crippen LogP contribution in [0.15, 0.2) is 65.6 Å². The summed E-state index contributed by atoms with van der Waals surface area (Å²) in [4.78, 5) is 21.2. The fourth-order valence-corrected chi connectivity index (χ4v) is 3.65. The Kier molecular flexibility index (Phi) is 6.18. The van der Waals surface area contributed by atoms with E-state index in [4.69, 9.17) is 14.0 Å². The molecule has 0 aliphatic rings. The molecule has 11 heteroatoms. The van der Waals surface area contributed by atoms with E-state index in [1.807, 2.05) is 45.0 Å². The number of fused-ring (bicyclic) bond motifs is 1. The normalized spacial score (nSPS) is 11.4. The molecule has 0 atom stereocenters. The maximum atomic E-state index is 12.6. The molecular formula is C26H25N7O4. The molecule has 0 aliphatic carbocycles. The van der Waals surface area contributed by atoms with Gasteiger partial charge in [-0.1, -0.05) is 38.1 Å². The van der Waals surface area contributed by atoms with E-state index >= 15 is 0 Å². The first-order chi connectivity index (χ1) is 17.8. The molecule has 2 aromatic carbocycles. The van der Waals surface area contributed by atoms with Crippen LogP contribution in [0.2, 0.25) is 0 Å². The zero-order valence-corrected chi connectivity index (χ0v) is 20.7. The molecule has 0 radical (unpaired) electrons. The van der Waals surface area contributed by atoms with Crippen molar-refractivity contribution in [3.05, 3.63) is 66.8 Å². The summed E-state index contributed by atoms with van der Waals surface area (Å²) in [6.45, 7) is 5.99. The van der Waals surface area contributed by atoms with Gasteiger partial charge >= 0.3 is 6.03 Å². The summed E-state index contributed by atoms with van der Waals surface area (Å²) in [7, 11) is 1.51. The minimum absolute atomic E-state index is 0.223. The molecule has 2 amide bonds. The SMILES string of the molecule is COc1cc(Oc2ccccc2-c2ncnc3[nH]ncc23)ccc1NC(=O)Nc1cc(C(C)(C)C)on1. The lowest BCUT2D eigenvalue weighted by Gasteiger charge is -2.14. The fraction of sp³-hybridized carbons (Fsp3) is 0.192. The summed E-state index contributed by atoms with van der Waals surface area (Å²) < 4.78 is 17.0. The highest BCUT2D eigenvalue weighted by molar-refractivity contribution is 6.00. The number of H-pyrrole nitrogens is 1. The summed E-state index contributed by atoms with van der Waals surface area (Å²) in [6.07, 6.45) is 3.16. The first-order valence-corrected chi connectivity index (χ1v) is 11.5. The molecule has 0 aliphatic heterocycles. The Morgan fingerprint density at radius 3 is 2.65 bits per heavy atom. The zero-order valence-electron chi connectivity index (χ0n) is 20.7. The first-order valence-electron chi connectivity index (χ1n) is 11.5. The van der Waals surface area contributed by atoms with Crippen LogP contribution in [0.3, 0.4) is 0 Å². The van der Waals surface area contributed by atoms with Crippen molar-refractivity contribution in [3.63, 3.8) is 0 Å². The van der Waals surface area contributed by atoms with E-state index in [1.54, 1.807) is 30.5 Å². The number of aromatic amines is 1. The average Bonchev–Trinajstić information content (AvgIpc) is 3.55. The number of rotatable bonds is 6. The molecule has 5 rings (SSSR count). The van der Waals surface area contributed by atoms with Crippen LogP contribution in [0.4, 0.5) is 16.3 Å². The van der Waals surface area contributed by atoms with Crippen molar-refractivity contribution in [3.8, 4) is 28.5 Å². The number of aromatic nitrogens is 5. The number of methoxy groups -OCH3 is 1. The molecule has 0 spiro atoms. The van der Waals surface area contributed by atoms with Crippen LogP contribution >= 0.6 is 0 Å². The smallest absolute Gasteiger partial charge is 0.325 e. The van der Waals surface area contributed by atoms with Gasteiger partial charge in [0.1, 0.15) is 29.3 Å². The van der Waals surface area contributed by atoms with Gasteiger partial charge in [0.05, 0.1) is 30.1 Å². The van der Waals surface area contributed by atoms with Crippen LogP contribution in [0.5, 0.6) is 17.2 Å². The second-order valence-corrected chi connectivity index (χ2v) is 9.22. The second kappa shape index (κ2) is 9.61. The number of benzene rings is 2. The van der Waals surface area contributed by atoms with Crippen molar-refractivity contribution in [1.82, 2.24) is 25.3 Å². The van der Waals surface area contributed by atoms with Crippen LogP contribution in [-0.4, -0.2) is 38.5 Å². The summed E-state index contributed by atoms with van der Waals surface area (Å²) >= 11 is 0. The van der Waals surface area contributed by atoms with E-state index in [-0.39, 0.29) is 5.41 Å². The topological polar surface area (TPSA) is 140 Å². The molecule has 37 heavy (non-hydrogen) atoms. The number of carbonyl (C=O) groups excluding carboxylic acids is 1. The highest BCUT2D eigenvalue weighted by Crippen LogP contribution is 2.37. The molecule has 5 aromatic rings. The van der Waals surface area contributed by atoms with Gasteiger partial charge in [0, 0.05) is 23.1 Å². The molecule has 3 heterocycles. The van der Waals surface area contributed by atoms with Crippen LogP contribution in [0.1, 0.15) is 26.5 Å². The van der Waals surface area contributed by atoms with Gasteiger partial charge in [0.25, 0.3) is 0 Å². The van der Waals surface area contributed by atoms with Gasteiger partial charge in [0.15, 0.2) is 11.5 Å². The molecular weight excluding hydrogens is 474 g/mol. The largest absolute Gasteiger partial charge is 0.494 e. The fourth-order valence-electron chi connectivity index (χ4n) is 3.65. The van der Waals surface area contributed by atoms with Crippen LogP contribution in [-0.2, 0) is 5.41 Å². The van der Waals surface area contributed by atoms with Gasteiger partial charge < -0.3 is 19.3 Å². The number of anilines is 2. The lowest BCUT2D eigenvalue weighted by atomic mass is 9.93. The summed E-state index contributed by atoms with van der Waals surface area (Å²) in [5.41, 5.74) is 2.34. The third kappa shape index (κ3) is 5.06. The number of hydrogen-bond donors (Lipinski definition) is 3. The Bertz CT molecular complexity index is 1570. The summed E-state index contributed by atoms with van der Waals surface area (Å²) in [5.74, 6) is 2.50. The van der Waals surface area contributed by atoms with Crippen molar-refractivity contribution in [2.24, 2.45) is 0 Å². The van der Waals surface area contributed by atoms with E-state index in [1.165, 1.54) is 13.4 Å². The Morgan fingerprint density at radius 2 is 1.86 bits per heavy atom. The Labute approximate surface area is 212 Å². The maximum absolute atomic E-state index is 12.6. The summed E-state index contributed by atoms with van der Waals surface area (Å²) in [6, 6.07) is 13.9. The number of ether oxygens (including phenoxy) is 2. The van der Waals surface area contributed by atoms with Gasteiger partial charge in [-0.2, -0.15) is 5.10 Å². The average molecular weight is 500 g/mol. The minimum Gasteiger partial charge on any atom is -0.494 e. The number of hydrogen-bond acceptors (Lipinski definition) is 8. The molecule has 3 N–H and O–H groups in total. The maximum Gasteiger partial charge on any atom is 0.325 e. The van der Waals surface area contributed by atoms with E-state index in [2.05, 4.69) is 36.0 Å². The highest BCUT2D eigenvalue weighted by Gasteiger charge is 2.21. The van der Waals surface area contributed by atoms with Crippen LogP contribution in [0.25, 0.3) is 22.3 Å². The number of nitrogens with zero attached hydrogens (tertiary/aromatic N) is 4. The third-order valence-electron chi connectivity index (χ3n) is 5.53. The van der Waals surface area contributed by atoms with Gasteiger partial charge in [-0.05, 0) is 24.3 Å². The predicted molar refractivity (Wildman–Crippen MR) is 138 cm³/mol. The molecule has 0 bridgehead atoms. The first kappa shape index (κ1) is 23.8. The molecule has 188 valence electrons. The lowest BCUT2D eigenvalue weighted by Crippen LogP contribution is -2.20. The quantitative estimate of drug-likeness (QED) is 0.268. The van der Waals surface area contributed by atoms with Crippen LogP contribution in [0, 0.1) is 0 Å². The van der Waals surface area contributed by atoms with Crippen molar-refractivity contribution >= 4 is 28.6 Å². The Balaban J connectivity index is 1.34. The molecule has 3 aromatic heterocycles. The van der Waals surface area contributed by atoms with E-state index < -0.39 is 6.03 Å². The Morgan fingerprint density at radius 1 is 1.03 bits per heavy atom. The number of nitrogens with one attached hydrogen (secondary N) is 3. The van der Waals surface area contributed by atoms with Crippen molar-refractivity contribution in [2.45, 2.75) is 26.2 Å². The number of para-hydroxylation sites is 1. The van der Waals surface area contributed by atoms with Crippen molar-refractivity contribution < 1.29 is 18.8 Å². The molecule has 11 nitrogen and oxygen atoms in total. The van der Waals surface area contributed by atoms with Crippen molar-refractivity contribution in [2.75, 3.05) is 17.7 Å². The van der Waals surface area contributed by atoms with Crippen LogP contribution < -0.4 is 20.1 Å². The number of amides is 2. The third-order valence-corrected chi connectivity index (χ3v) is 5.53. The minimum atomic E-state index is -0.487. The predicted octanol–water partition coefficient (Wildman–Crippen LogP) is 5.75. The van der Waals surface area contributed by atoms with Gasteiger partial charge in [-0.15, -0.1) is 0 Å². The molecule has 0 fully saturated rings.